The highest BCUT2D eigenvalue weighted by Gasteiger charge is 2.07. The molecule has 0 N–H and O–H groups in total. The molecule has 0 saturated heterocycles. The molecular formula is C21H12Cl3N. The van der Waals surface area contributed by atoms with Gasteiger partial charge in [-0.15, -0.1) is 0 Å². The Morgan fingerprint density at radius 1 is 0.640 bits per heavy atom. The molecule has 4 rings (SSSR count). The third-order valence-corrected chi connectivity index (χ3v) is 5.16. The SMILES string of the molecule is Clc1cc(Cl)c(N=Cc2c3ccccc3cc3ccccc23)cc1Cl. The first-order valence-corrected chi connectivity index (χ1v) is 8.86. The second-order valence-corrected chi connectivity index (χ2v) is 6.93. The zero-order chi connectivity index (χ0) is 17.4. The van der Waals surface area contributed by atoms with Crippen LogP contribution in [0.3, 0.4) is 0 Å². The molecule has 4 heteroatoms. The molecule has 0 aliphatic carbocycles. The average molecular weight is 385 g/mol. The minimum Gasteiger partial charge on any atom is -0.255 e. The van der Waals surface area contributed by atoms with Crippen LogP contribution in [0.2, 0.25) is 15.1 Å². The summed E-state index contributed by atoms with van der Waals surface area (Å²) in [7, 11) is 0. The van der Waals surface area contributed by atoms with Crippen molar-refractivity contribution in [2.75, 3.05) is 0 Å². The third-order valence-electron chi connectivity index (χ3n) is 4.14. The van der Waals surface area contributed by atoms with Gasteiger partial charge in [0.05, 0.1) is 20.8 Å². The van der Waals surface area contributed by atoms with Gasteiger partial charge in [0.25, 0.3) is 0 Å². The predicted molar refractivity (Wildman–Crippen MR) is 110 cm³/mol. The number of hydrogen-bond donors (Lipinski definition) is 0. The number of halogens is 3. The molecule has 0 bridgehead atoms. The van der Waals surface area contributed by atoms with Crippen LogP contribution in [0.5, 0.6) is 0 Å². The number of fused-ring (bicyclic) bond motifs is 2. The zero-order valence-electron chi connectivity index (χ0n) is 13.0. The van der Waals surface area contributed by atoms with Crippen molar-refractivity contribution < 1.29 is 0 Å². The van der Waals surface area contributed by atoms with Crippen LogP contribution in [0.4, 0.5) is 5.69 Å². The normalized spacial score (nSPS) is 11.6. The van der Waals surface area contributed by atoms with Crippen molar-refractivity contribution in [2.45, 2.75) is 0 Å². The summed E-state index contributed by atoms with van der Waals surface area (Å²) in [6, 6.07) is 22.0. The molecule has 4 aromatic rings. The van der Waals surface area contributed by atoms with E-state index < -0.39 is 0 Å². The molecule has 4 aromatic carbocycles. The monoisotopic (exact) mass is 383 g/mol. The first kappa shape index (κ1) is 16.4. The van der Waals surface area contributed by atoms with E-state index in [0.29, 0.717) is 20.8 Å². The Morgan fingerprint density at radius 2 is 1.20 bits per heavy atom. The lowest BCUT2D eigenvalue weighted by molar-refractivity contribution is 1.53. The van der Waals surface area contributed by atoms with Crippen molar-refractivity contribution in [2.24, 2.45) is 4.99 Å². The first-order chi connectivity index (χ1) is 12.1. The number of benzene rings is 4. The fourth-order valence-electron chi connectivity index (χ4n) is 2.93. The number of rotatable bonds is 2. The Bertz CT molecular complexity index is 1080. The topological polar surface area (TPSA) is 12.4 Å². The molecule has 25 heavy (non-hydrogen) atoms. The lowest BCUT2D eigenvalue weighted by atomic mass is 9.97. The molecule has 0 fully saturated rings. The van der Waals surface area contributed by atoms with E-state index in [2.05, 4.69) is 35.3 Å². The van der Waals surface area contributed by atoms with E-state index in [-0.39, 0.29) is 0 Å². The fraction of sp³-hybridized carbons (Fsp3) is 0. The molecule has 0 amide bonds. The molecule has 0 unspecified atom stereocenters. The molecule has 0 aliphatic heterocycles. The maximum absolute atomic E-state index is 6.25. The van der Waals surface area contributed by atoms with Crippen LogP contribution >= 0.6 is 34.8 Å². The summed E-state index contributed by atoms with van der Waals surface area (Å²) in [5.74, 6) is 0. The summed E-state index contributed by atoms with van der Waals surface area (Å²) in [5, 5.41) is 5.94. The highest BCUT2D eigenvalue weighted by atomic mass is 35.5. The van der Waals surface area contributed by atoms with Gasteiger partial charge in [-0.25, -0.2) is 0 Å². The fourth-order valence-corrected chi connectivity index (χ4v) is 3.52. The molecular weight excluding hydrogens is 373 g/mol. The summed E-state index contributed by atoms with van der Waals surface area (Å²) in [6.45, 7) is 0. The molecule has 0 radical (unpaired) electrons. The van der Waals surface area contributed by atoms with Gasteiger partial charge in [0, 0.05) is 11.8 Å². The second kappa shape index (κ2) is 6.68. The van der Waals surface area contributed by atoms with Crippen molar-refractivity contribution >= 4 is 68.2 Å². The molecule has 0 spiro atoms. The number of nitrogens with zero attached hydrogens (tertiary/aromatic N) is 1. The van der Waals surface area contributed by atoms with Gasteiger partial charge in [0.1, 0.15) is 0 Å². The van der Waals surface area contributed by atoms with Gasteiger partial charge in [-0.2, -0.15) is 0 Å². The minimum absolute atomic E-state index is 0.418. The van der Waals surface area contributed by atoms with Gasteiger partial charge in [0.2, 0.25) is 0 Å². The van der Waals surface area contributed by atoms with Crippen LogP contribution < -0.4 is 0 Å². The summed E-state index contributed by atoms with van der Waals surface area (Å²) in [4.78, 5) is 4.58. The summed E-state index contributed by atoms with van der Waals surface area (Å²) >= 11 is 18.3. The van der Waals surface area contributed by atoms with Crippen molar-refractivity contribution in [3.63, 3.8) is 0 Å². The van der Waals surface area contributed by atoms with Gasteiger partial charge >= 0.3 is 0 Å². The lowest BCUT2D eigenvalue weighted by Gasteiger charge is -2.08. The summed E-state index contributed by atoms with van der Waals surface area (Å²) in [5.41, 5.74) is 1.64. The van der Waals surface area contributed by atoms with Crippen LogP contribution in [0.1, 0.15) is 5.56 Å². The van der Waals surface area contributed by atoms with E-state index >= 15 is 0 Å². The van der Waals surface area contributed by atoms with Crippen LogP contribution in [0.15, 0.2) is 71.7 Å². The van der Waals surface area contributed by atoms with E-state index in [1.807, 2.05) is 30.5 Å². The molecule has 0 aromatic heterocycles. The Morgan fingerprint density at radius 3 is 1.84 bits per heavy atom. The van der Waals surface area contributed by atoms with E-state index in [1.54, 1.807) is 12.1 Å². The van der Waals surface area contributed by atoms with Gasteiger partial charge < -0.3 is 0 Å². The Labute approximate surface area is 160 Å². The Hall–Kier alpha value is -2.06. The van der Waals surface area contributed by atoms with Crippen LogP contribution in [0, 0.1) is 0 Å². The Kier molecular flexibility index (Phi) is 4.39. The maximum atomic E-state index is 6.25. The van der Waals surface area contributed by atoms with E-state index in [4.69, 9.17) is 34.8 Å². The quantitative estimate of drug-likeness (QED) is 0.191. The molecule has 0 aliphatic rings. The highest BCUT2D eigenvalue weighted by Crippen LogP contribution is 2.34. The van der Waals surface area contributed by atoms with Gasteiger partial charge in [-0.05, 0) is 39.7 Å². The van der Waals surface area contributed by atoms with Crippen molar-refractivity contribution in [3.05, 3.63) is 87.4 Å². The van der Waals surface area contributed by atoms with Gasteiger partial charge in [-0.3, -0.25) is 4.99 Å². The van der Waals surface area contributed by atoms with Crippen molar-refractivity contribution in [1.29, 1.82) is 0 Å². The Balaban J connectivity index is 1.95. The first-order valence-electron chi connectivity index (χ1n) is 7.72. The lowest BCUT2D eigenvalue weighted by Crippen LogP contribution is -1.88. The second-order valence-electron chi connectivity index (χ2n) is 5.71. The van der Waals surface area contributed by atoms with E-state index in [9.17, 15) is 0 Å². The van der Waals surface area contributed by atoms with Gasteiger partial charge in [0.15, 0.2) is 0 Å². The number of aliphatic imine (C=N–C) groups is 1. The molecule has 1 nitrogen and oxygen atoms in total. The molecule has 0 atom stereocenters. The van der Waals surface area contributed by atoms with Crippen LogP contribution in [-0.4, -0.2) is 6.21 Å². The maximum Gasteiger partial charge on any atom is 0.0831 e. The van der Waals surface area contributed by atoms with E-state index in [0.717, 1.165) is 16.3 Å². The zero-order valence-corrected chi connectivity index (χ0v) is 15.3. The minimum atomic E-state index is 0.418. The molecule has 0 heterocycles. The summed E-state index contributed by atoms with van der Waals surface area (Å²) < 4.78 is 0. The summed E-state index contributed by atoms with van der Waals surface area (Å²) in [6.07, 6.45) is 1.84. The third kappa shape index (κ3) is 3.11. The van der Waals surface area contributed by atoms with Crippen LogP contribution in [-0.2, 0) is 0 Å². The highest BCUT2D eigenvalue weighted by molar-refractivity contribution is 6.44. The average Bonchev–Trinajstić information content (AvgIpc) is 2.62. The molecule has 0 saturated carbocycles. The van der Waals surface area contributed by atoms with Gasteiger partial charge in [-0.1, -0.05) is 83.3 Å². The number of hydrogen-bond acceptors (Lipinski definition) is 1. The van der Waals surface area contributed by atoms with E-state index in [1.165, 1.54) is 10.8 Å². The largest absolute Gasteiger partial charge is 0.255 e. The van der Waals surface area contributed by atoms with Crippen LogP contribution in [0.25, 0.3) is 21.5 Å². The smallest absolute Gasteiger partial charge is 0.0831 e. The van der Waals surface area contributed by atoms with Crippen molar-refractivity contribution in [1.82, 2.24) is 0 Å². The molecule has 122 valence electrons. The predicted octanol–water partition coefficient (Wildman–Crippen LogP) is 7.70. The standard InChI is InChI=1S/C21H12Cl3N/c22-18-10-20(24)21(11-19(18)23)25-12-17-15-7-3-1-5-13(15)9-14-6-2-4-8-16(14)17/h1-12H. The van der Waals surface area contributed by atoms with Crippen molar-refractivity contribution in [3.8, 4) is 0 Å².